The maximum absolute atomic E-state index is 8.86. The number of hydrogen-bond donors (Lipinski definition) is 2. The number of ether oxygens (including phenoxy) is 2. The van der Waals surface area contributed by atoms with Crippen LogP contribution in [0.25, 0.3) is 10.8 Å². The average molecular weight is 304 g/mol. The molecule has 0 bridgehead atoms. The third-order valence-corrected chi connectivity index (χ3v) is 3.45. The molecule has 0 aliphatic rings. The van der Waals surface area contributed by atoms with Gasteiger partial charge in [0.15, 0.2) is 11.5 Å². The van der Waals surface area contributed by atoms with Crippen molar-refractivity contribution in [3.63, 3.8) is 0 Å². The van der Waals surface area contributed by atoms with Gasteiger partial charge in [0.1, 0.15) is 0 Å². The SMILES string of the molecule is OCCCCOc1ccc2ccccc2c1OCCCCO. The van der Waals surface area contributed by atoms with E-state index in [0.717, 1.165) is 48.0 Å². The summed E-state index contributed by atoms with van der Waals surface area (Å²) in [6, 6.07) is 12.0. The molecule has 120 valence electrons. The number of aliphatic hydroxyl groups is 2. The lowest BCUT2D eigenvalue weighted by atomic mass is 10.1. The molecule has 4 heteroatoms. The summed E-state index contributed by atoms with van der Waals surface area (Å²) in [4.78, 5) is 0. The van der Waals surface area contributed by atoms with Crippen LogP contribution in [0.4, 0.5) is 0 Å². The van der Waals surface area contributed by atoms with E-state index in [-0.39, 0.29) is 13.2 Å². The first-order valence-corrected chi connectivity index (χ1v) is 7.86. The van der Waals surface area contributed by atoms with Gasteiger partial charge in [-0.15, -0.1) is 0 Å². The lowest BCUT2D eigenvalue weighted by molar-refractivity contribution is 0.233. The minimum absolute atomic E-state index is 0.184. The molecule has 0 aliphatic carbocycles. The summed E-state index contributed by atoms with van der Waals surface area (Å²) >= 11 is 0. The molecule has 2 rings (SSSR count). The molecular formula is C18H24O4. The summed E-state index contributed by atoms with van der Waals surface area (Å²) in [6.07, 6.45) is 3.09. The van der Waals surface area contributed by atoms with Gasteiger partial charge in [-0.3, -0.25) is 0 Å². The van der Waals surface area contributed by atoms with Gasteiger partial charge in [0.2, 0.25) is 0 Å². The molecule has 4 nitrogen and oxygen atoms in total. The zero-order valence-electron chi connectivity index (χ0n) is 12.8. The monoisotopic (exact) mass is 304 g/mol. The summed E-state index contributed by atoms with van der Waals surface area (Å²) < 4.78 is 11.7. The minimum Gasteiger partial charge on any atom is -0.490 e. The second-order valence-electron chi connectivity index (χ2n) is 5.17. The number of rotatable bonds is 10. The highest BCUT2D eigenvalue weighted by Crippen LogP contribution is 2.36. The van der Waals surface area contributed by atoms with Crippen LogP contribution >= 0.6 is 0 Å². The zero-order chi connectivity index (χ0) is 15.6. The van der Waals surface area contributed by atoms with Gasteiger partial charge in [-0.25, -0.2) is 0 Å². The normalized spacial score (nSPS) is 10.8. The predicted molar refractivity (Wildman–Crippen MR) is 87.6 cm³/mol. The lowest BCUT2D eigenvalue weighted by Gasteiger charge is -2.15. The Kier molecular flexibility index (Phi) is 7.00. The fourth-order valence-electron chi connectivity index (χ4n) is 2.27. The third kappa shape index (κ3) is 4.61. The van der Waals surface area contributed by atoms with Crippen molar-refractivity contribution in [2.24, 2.45) is 0 Å². The third-order valence-electron chi connectivity index (χ3n) is 3.45. The van der Waals surface area contributed by atoms with Crippen molar-refractivity contribution in [2.75, 3.05) is 26.4 Å². The van der Waals surface area contributed by atoms with Gasteiger partial charge in [-0.1, -0.05) is 30.3 Å². The molecule has 2 N–H and O–H groups in total. The summed E-state index contributed by atoms with van der Waals surface area (Å²) in [6.45, 7) is 1.49. The molecule has 0 saturated heterocycles. The number of unbranched alkanes of at least 4 members (excludes halogenated alkanes) is 2. The van der Waals surface area contributed by atoms with E-state index in [2.05, 4.69) is 0 Å². The molecule has 0 atom stereocenters. The molecule has 0 spiro atoms. The van der Waals surface area contributed by atoms with Crippen molar-refractivity contribution in [3.05, 3.63) is 36.4 Å². The van der Waals surface area contributed by atoms with E-state index < -0.39 is 0 Å². The van der Waals surface area contributed by atoms with E-state index in [4.69, 9.17) is 19.7 Å². The van der Waals surface area contributed by atoms with Crippen molar-refractivity contribution in [1.29, 1.82) is 0 Å². The zero-order valence-corrected chi connectivity index (χ0v) is 12.8. The number of benzene rings is 2. The standard InChI is InChI=1S/C18H24O4/c19-11-3-5-13-21-17-10-9-15-7-1-2-8-16(15)18(17)22-14-6-4-12-20/h1-2,7-10,19-20H,3-6,11-14H2. The van der Waals surface area contributed by atoms with Crippen LogP contribution in [0.5, 0.6) is 11.5 Å². The van der Waals surface area contributed by atoms with Crippen LogP contribution in [0, 0.1) is 0 Å². The smallest absolute Gasteiger partial charge is 0.168 e. The Morgan fingerprint density at radius 3 is 2.14 bits per heavy atom. The summed E-state index contributed by atoms with van der Waals surface area (Å²) in [5.74, 6) is 1.50. The van der Waals surface area contributed by atoms with Crippen LogP contribution in [0.1, 0.15) is 25.7 Å². The van der Waals surface area contributed by atoms with Gasteiger partial charge < -0.3 is 19.7 Å². The van der Waals surface area contributed by atoms with Crippen LogP contribution in [-0.2, 0) is 0 Å². The Bertz CT molecular complexity index is 568. The van der Waals surface area contributed by atoms with Gasteiger partial charge in [0.25, 0.3) is 0 Å². The summed E-state index contributed by atoms with van der Waals surface area (Å²) in [5.41, 5.74) is 0. The largest absolute Gasteiger partial charge is 0.490 e. The molecular weight excluding hydrogens is 280 g/mol. The van der Waals surface area contributed by atoms with E-state index in [0.29, 0.717) is 13.2 Å². The maximum atomic E-state index is 8.86. The Hall–Kier alpha value is -1.78. The first-order chi connectivity index (χ1) is 10.9. The second kappa shape index (κ2) is 9.28. The molecule has 0 amide bonds. The van der Waals surface area contributed by atoms with Crippen LogP contribution in [0.2, 0.25) is 0 Å². The lowest BCUT2D eigenvalue weighted by Crippen LogP contribution is -2.04. The molecule has 2 aromatic carbocycles. The van der Waals surface area contributed by atoms with Gasteiger partial charge in [-0.05, 0) is 37.1 Å². The van der Waals surface area contributed by atoms with Crippen molar-refractivity contribution < 1.29 is 19.7 Å². The highest BCUT2D eigenvalue weighted by atomic mass is 16.5. The van der Waals surface area contributed by atoms with Crippen LogP contribution in [0.3, 0.4) is 0 Å². The van der Waals surface area contributed by atoms with E-state index >= 15 is 0 Å². The fourth-order valence-corrected chi connectivity index (χ4v) is 2.27. The number of hydrogen-bond acceptors (Lipinski definition) is 4. The minimum atomic E-state index is 0.184. The van der Waals surface area contributed by atoms with Crippen LogP contribution in [-0.4, -0.2) is 36.6 Å². The Morgan fingerprint density at radius 1 is 0.727 bits per heavy atom. The first kappa shape index (κ1) is 16.6. The molecule has 22 heavy (non-hydrogen) atoms. The Balaban J connectivity index is 2.13. The number of aliphatic hydroxyl groups excluding tert-OH is 2. The van der Waals surface area contributed by atoms with E-state index in [1.165, 1.54) is 0 Å². The molecule has 0 aliphatic heterocycles. The summed E-state index contributed by atoms with van der Waals surface area (Å²) in [5, 5.41) is 19.8. The Morgan fingerprint density at radius 2 is 1.41 bits per heavy atom. The van der Waals surface area contributed by atoms with Gasteiger partial charge in [-0.2, -0.15) is 0 Å². The van der Waals surface area contributed by atoms with Crippen molar-refractivity contribution in [2.45, 2.75) is 25.7 Å². The van der Waals surface area contributed by atoms with Crippen molar-refractivity contribution in [3.8, 4) is 11.5 Å². The van der Waals surface area contributed by atoms with Gasteiger partial charge in [0.05, 0.1) is 13.2 Å². The highest BCUT2D eigenvalue weighted by Gasteiger charge is 2.10. The molecule has 0 unspecified atom stereocenters. The van der Waals surface area contributed by atoms with Crippen LogP contribution in [0.15, 0.2) is 36.4 Å². The van der Waals surface area contributed by atoms with E-state index in [9.17, 15) is 0 Å². The van der Waals surface area contributed by atoms with Crippen LogP contribution < -0.4 is 9.47 Å². The fraction of sp³-hybridized carbons (Fsp3) is 0.444. The molecule has 0 radical (unpaired) electrons. The molecule has 0 aromatic heterocycles. The molecule has 0 saturated carbocycles. The first-order valence-electron chi connectivity index (χ1n) is 7.86. The van der Waals surface area contributed by atoms with Crippen molar-refractivity contribution in [1.82, 2.24) is 0 Å². The molecule has 0 heterocycles. The Labute approximate surface area is 131 Å². The van der Waals surface area contributed by atoms with E-state index in [1.807, 2.05) is 36.4 Å². The topological polar surface area (TPSA) is 58.9 Å². The number of fused-ring (bicyclic) bond motifs is 1. The highest BCUT2D eigenvalue weighted by molar-refractivity contribution is 5.90. The molecule has 0 fully saturated rings. The predicted octanol–water partition coefficient (Wildman–Crippen LogP) is 3.14. The van der Waals surface area contributed by atoms with Gasteiger partial charge >= 0.3 is 0 Å². The second-order valence-corrected chi connectivity index (χ2v) is 5.17. The van der Waals surface area contributed by atoms with E-state index in [1.54, 1.807) is 0 Å². The molecule has 2 aromatic rings. The summed E-state index contributed by atoms with van der Waals surface area (Å²) in [7, 11) is 0. The average Bonchev–Trinajstić information content (AvgIpc) is 2.56. The van der Waals surface area contributed by atoms with Gasteiger partial charge in [0, 0.05) is 18.6 Å². The quantitative estimate of drug-likeness (QED) is 0.662. The van der Waals surface area contributed by atoms with Crippen molar-refractivity contribution >= 4 is 10.8 Å². The maximum Gasteiger partial charge on any atom is 0.168 e.